The summed E-state index contributed by atoms with van der Waals surface area (Å²) in [5.74, 6) is 1.24. The number of ether oxygens (including phenoxy) is 2. The van der Waals surface area contributed by atoms with Crippen LogP contribution in [-0.4, -0.2) is 19.6 Å². The normalized spacial score (nSPS) is 11.5. The van der Waals surface area contributed by atoms with Gasteiger partial charge < -0.3 is 19.2 Å². The van der Waals surface area contributed by atoms with E-state index in [0.29, 0.717) is 23.1 Å². The molecule has 1 N–H and O–H groups in total. The van der Waals surface area contributed by atoms with Gasteiger partial charge in [0.25, 0.3) is 0 Å². The number of hydrogen-bond donors (Lipinski definition) is 1. The van der Waals surface area contributed by atoms with E-state index >= 15 is 0 Å². The number of amides is 1. The molecule has 4 rings (SSSR count). The van der Waals surface area contributed by atoms with E-state index in [1.54, 1.807) is 43.7 Å². The van der Waals surface area contributed by atoms with E-state index in [9.17, 15) is 4.79 Å². The highest BCUT2D eigenvalue weighted by molar-refractivity contribution is 6.31. The zero-order chi connectivity index (χ0) is 24.2. The molecule has 0 saturated carbocycles. The number of methoxy groups -OCH3 is 1. The first-order valence-corrected chi connectivity index (χ1v) is 11.4. The molecule has 3 aromatic carbocycles. The maximum absolute atomic E-state index is 12.7. The summed E-state index contributed by atoms with van der Waals surface area (Å²) in [5.41, 5.74) is 5.81. The fourth-order valence-corrected chi connectivity index (χ4v) is 4.20. The molecule has 4 aromatic rings. The van der Waals surface area contributed by atoms with Crippen molar-refractivity contribution in [2.24, 2.45) is 0 Å². The molecule has 0 aliphatic carbocycles. The van der Waals surface area contributed by atoms with Gasteiger partial charge in [0.15, 0.2) is 0 Å². The fourth-order valence-electron chi connectivity index (χ4n) is 4.01. The number of carbonyl (C=O) groups excluding carboxylic acids is 1. The molecular formula is C28H26ClNO4. The Morgan fingerprint density at radius 2 is 1.91 bits per heavy atom. The predicted molar refractivity (Wildman–Crippen MR) is 138 cm³/mol. The minimum Gasteiger partial charge on any atom is -0.496 e. The second-order valence-corrected chi connectivity index (χ2v) is 8.33. The van der Waals surface area contributed by atoms with Crippen molar-refractivity contribution in [3.63, 3.8) is 0 Å². The lowest BCUT2D eigenvalue weighted by Gasteiger charge is -2.13. The molecule has 6 heteroatoms. The Balaban J connectivity index is 1.73. The van der Waals surface area contributed by atoms with Gasteiger partial charge in [-0.25, -0.2) is 0 Å². The van der Waals surface area contributed by atoms with Crippen LogP contribution in [0.5, 0.6) is 11.5 Å². The molecule has 174 valence electrons. The summed E-state index contributed by atoms with van der Waals surface area (Å²) in [5, 5.41) is 4.35. The molecule has 0 radical (unpaired) electrons. The van der Waals surface area contributed by atoms with E-state index in [1.807, 2.05) is 51.1 Å². The van der Waals surface area contributed by atoms with Crippen molar-refractivity contribution in [3.05, 3.63) is 83.1 Å². The number of furan rings is 1. The first-order valence-electron chi connectivity index (χ1n) is 11.0. The number of benzene rings is 3. The molecular weight excluding hydrogens is 450 g/mol. The van der Waals surface area contributed by atoms with Crippen molar-refractivity contribution in [1.29, 1.82) is 0 Å². The third-order valence-corrected chi connectivity index (χ3v) is 5.82. The van der Waals surface area contributed by atoms with Crippen molar-refractivity contribution < 1.29 is 18.7 Å². The Morgan fingerprint density at radius 3 is 2.59 bits per heavy atom. The molecule has 0 fully saturated rings. The van der Waals surface area contributed by atoms with Crippen molar-refractivity contribution in [2.75, 3.05) is 19.0 Å². The first kappa shape index (κ1) is 23.5. The average molecular weight is 476 g/mol. The summed E-state index contributed by atoms with van der Waals surface area (Å²) >= 11 is 6.02. The SMILES string of the molecule is CCOc1ccc(-c2coc3c(C)c(OC)c(/C(C)=C/C(=O)Nc4cccc(Cl)c4)cc23)cc1. The maximum atomic E-state index is 12.7. The predicted octanol–water partition coefficient (Wildman–Crippen LogP) is 7.51. The van der Waals surface area contributed by atoms with Crippen molar-refractivity contribution >= 4 is 39.7 Å². The summed E-state index contributed by atoms with van der Waals surface area (Å²) in [6, 6.07) is 17.0. The van der Waals surface area contributed by atoms with Gasteiger partial charge in [0.1, 0.15) is 17.1 Å². The van der Waals surface area contributed by atoms with Crippen LogP contribution in [0.25, 0.3) is 27.7 Å². The lowest BCUT2D eigenvalue weighted by Crippen LogP contribution is -2.08. The Morgan fingerprint density at radius 1 is 1.15 bits per heavy atom. The standard InChI is InChI=1S/C28H26ClNO4/c1-5-33-22-11-9-19(10-12-22)25-16-34-28-18(3)27(32-4)23(15-24(25)28)17(2)13-26(31)30-21-8-6-7-20(29)14-21/h6-16H,5H2,1-4H3,(H,30,31)/b17-13+. The molecule has 1 heterocycles. The van der Waals surface area contributed by atoms with Gasteiger partial charge in [0.2, 0.25) is 5.91 Å². The van der Waals surface area contributed by atoms with Crippen LogP contribution in [0.1, 0.15) is 25.0 Å². The Bertz CT molecular complexity index is 1370. The van der Waals surface area contributed by atoms with Gasteiger partial charge in [-0.2, -0.15) is 0 Å². The minimum absolute atomic E-state index is 0.251. The molecule has 0 unspecified atom stereocenters. The van der Waals surface area contributed by atoms with Crippen LogP contribution >= 0.6 is 11.6 Å². The monoisotopic (exact) mass is 475 g/mol. The van der Waals surface area contributed by atoms with Gasteiger partial charge in [-0.05, 0) is 68.3 Å². The van der Waals surface area contributed by atoms with Gasteiger partial charge in [-0.1, -0.05) is 29.8 Å². The van der Waals surface area contributed by atoms with E-state index < -0.39 is 0 Å². The van der Waals surface area contributed by atoms with Gasteiger partial charge in [0, 0.05) is 38.9 Å². The summed E-state index contributed by atoms with van der Waals surface area (Å²) in [4.78, 5) is 12.7. The molecule has 0 bridgehead atoms. The lowest BCUT2D eigenvalue weighted by atomic mass is 9.96. The summed E-state index contributed by atoms with van der Waals surface area (Å²) in [7, 11) is 1.62. The smallest absolute Gasteiger partial charge is 0.248 e. The van der Waals surface area contributed by atoms with Crippen molar-refractivity contribution in [2.45, 2.75) is 20.8 Å². The highest BCUT2D eigenvalue weighted by Gasteiger charge is 2.19. The Kier molecular flexibility index (Phi) is 6.94. The molecule has 0 atom stereocenters. The zero-order valence-corrected chi connectivity index (χ0v) is 20.3. The number of fused-ring (bicyclic) bond motifs is 1. The third-order valence-electron chi connectivity index (χ3n) is 5.59. The van der Waals surface area contributed by atoms with Crippen LogP contribution in [0.3, 0.4) is 0 Å². The maximum Gasteiger partial charge on any atom is 0.248 e. The van der Waals surface area contributed by atoms with Crippen LogP contribution in [0.15, 0.2) is 71.4 Å². The minimum atomic E-state index is -0.251. The number of rotatable bonds is 7. The van der Waals surface area contributed by atoms with Gasteiger partial charge in [-0.15, -0.1) is 0 Å². The van der Waals surface area contributed by atoms with Crippen LogP contribution in [-0.2, 0) is 4.79 Å². The lowest BCUT2D eigenvalue weighted by molar-refractivity contribution is -0.111. The Labute approximate surface area is 203 Å². The first-order chi connectivity index (χ1) is 16.4. The second-order valence-electron chi connectivity index (χ2n) is 7.89. The number of aryl methyl sites for hydroxylation is 1. The quantitative estimate of drug-likeness (QED) is 0.281. The van der Waals surface area contributed by atoms with Gasteiger partial charge in [-0.3, -0.25) is 4.79 Å². The number of hydrogen-bond acceptors (Lipinski definition) is 4. The summed E-state index contributed by atoms with van der Waals surface area (Å²) < 4.78 is 17.2. The highest BCUT2D eigenvalue weighted by Crippen LogP contribution is 2.40. The summed E-state index contributed by atoms with van der Waals surface area (Å²) in [6.07, 6.45) is 3.31. The molecule has 5 nitrogen and oxygen atoms in total. The van der Waals surface area contributed by atoms with E-state index in [2.05, 4.69) is 5.32 Å². The molecule has 34 heavy (non-hydrogen) atoms. The van der Waals surface area contributed by atoms with E-state index in [4.69, 9.17) is 25.5 Å². The summed E-state index contributed by atoms with van der Waals surface area (Å²) in [6.45, 7) is 6.42. The number of nitrogens with one attached hydrogen (secondary N) is 1. The molecule has 0 aliphatic heterocycles. The van der Waals surface area contributed by atoms with Crippen LogP contribution < -0.4 is 14.8 Å². The Hall–Kier alpha value is -3.70. The van der Waals surface area contributed by atoms with E-state index in [1.165, 1.54) is 0 Å². The van der Waals surface area contributed by atoms with Crippen LogP contribution in [0.4, 0.5) is 5.69 Å². The number of anilines is 1. The van der Waals surface area contributed by atoms with Crippen molar-refractivity contribution in [1.82, 2.24) is 0 Å². The molecule has 1 amide bonds. The number of allylic oxidation sites excluding steroid dienone is 1. The topological polar surface area (TPSA) is 60.7 Å². The van der Waals surface area contributed by atoms with Crippen LogP contribution in [0, 0.1) is 6.92 Å². The highest BCUT2D eigenvalue weighted by atomic mass is 35.5. The molecule has 0 saturated heterocycles. The number of halogens is 1. The van der Waals surface area contributed by atoms with E-state index in [0.717, 1.165) is 44.5 Å². The van der Waals surface area contributed by atoms with E-state index in [-0.39, 0.29) is 5.91 Å². The van der Waals surface area contributed by atoms with Crippen LogP contribution in [0.2, 0.25) is 5.02 Å². The molecule has 1 aromatic heterocycles. The van der Waals surface area contributed by atoms with Crippen molar-refractivity contribution in [3.8, 4) is 22.6 Å². The third kappa shape index (κ3) is 4.80. The number of carbonyl (C=O) groups is 1. The second kappa shape index (κ2) is 10.1. The average Bonchev–Trinajstić information content (AvgIpc) is 3.24. The zero-order valence-electron chi connectivity index (χ0n) is 19.6. The van der Waals surface area contributed by atoms with Gasteiger partial charge in [0.05, 0.1) is 20.0 Å². The van der Waals surface area contributed by atoms with Gasteiger partial charge >= 0.3 is 0 Å². The molecule has 0 aliphatic rings. The largest absolute Gasteiger partial charge is 0.496 e. The molecule has 0 spiro atoms. The fraction of sp³-hybridized carbons (Fsp3) is 0.179.